The highest BCUT2D eigenvalue weighted by atomic mass is 16.4. The first-order valence-electron chi connectivity index (χ1n) is 9.38. The molecule has 150 valence electrons. The van der Waals surface area contributed by atoms with Gasteiger partial charge >= 0.3 is 5.97 Å². The average molecular weight is 391 g/mol. The number of allylic oxidation sites excluding steroid dienone is 1. The number of carbonyl (C=O) groups is 1. The predicted molar refractivity (Wildman–Crippen MR) is 114 cm³/mol. The van der Waals surface area contributed by atoms with Gasteiger partial charge in [-0.3, -0.25) is 9.78 Å². The molecule has 0 atom stereocenters. The molecule has 1 heterocycles. The van der Waals surface area contributed by atoms with Gasteiger partial charge in [0.25, 0.3) is 0 Å². The summed E-state index contributed by atoms with van der Waals surface area (Å²) in [7, 11) is 0. The summed E-state index contributed by atoms with van der Waals surface area (Å²) in [5.74, 6) is -0.670. The number of aliphatic carboxylic acids is 1. The molecule has 0 fully saturated rings. The second-order valence-electron chi connectivity index (χ2n) is 6.73. The molecule has 29 heavy (non-hydrogen) atoms. The molecule has 3 N–H and O–H groups in total. The van der Waals surface area contributed by atoms with E-state index in [9.17, 15) is 4.79 Å². The average Bonchev–Trinajstić information content (AvgIpc) is 2.69. The number of nitrogens with two attached hydrogens (primary N) is 1. The maximum Gasteiger partial charge on any atom is 0.303 e. The standard InChI is InChI=1S/C22H25N5O2/c1-16(2)27(22(24)26-15-23)19-9-5-7-17(13-19)20(10-3-4-11-21(28)29)18-8-6-12-25-14-18/h5-10,12-14,16H,3-4,11H2,1-2H3,(H2,24,26)(H,28,29)/b20-10+. The van der Waals surface area contributed by atoms with E-state index >= 15 is 0 Å². The van der Waals surface area contributed by atoms with Gasteiger partial charge in [-0.1, -0.05) is 24.3 Å². The Labute approximate surface area is 170 Å². The number of unbranched alkanes of at least 4 members (excludes halogenated alkanes) is 1. The number of pyridine rings is 1. The molecule has 7 nitrogen and oxygen atoms in total. The Morgan fingerprint density at radius 3 is 2.72 bits per heavy atom. The van der Waals surface area contributed by atoms with Gasteiger partial charge in [-0.25, -0.2) is 0 Å². The Bertz CT molecular complexity index is 930. The summed E-state index contributed by atoms with van der Waals surface area (Å²) in [5, 5.41) is 17.7. The smallest absolute Gasteiger partial charge is 0.303 e. The van der Waals surface area contributed by atoms with Gasteiger partial charge in [0.1, 0.15) is 0 Å². The fraction of sp³-hybridized carbons (Fsp3) is 0.273. The molecule has 0 amide bonds. The number of anilines is 1. The van der Waals surface area contributed by atoms with Crippen LogP contribution < -0.4 is 10.6 Å². The molecular formula is C22H25N5O2. The minimum absolute atomic E-state index is 0.00346. The van der Waals surface area contributed by atoms with E-state index in [2.05, 4.69) is 9.98 Å². The van der Waals surface area contributed by atoms with E-state index in [1.807, 2.05) is 56.3 Å². The van der Waals surface area contributed by atoms with Crippen LogP contribution in [-0.4, -0.2) is 28.1 Å². The van der Waals surface area contributed by atoms with Gasteiger partial charge in [0.2, 0.25) is 12.2 Å². The van der Waals surface area contributed by atoms with Crippen molar-refractivity contribution in [1.29, 1.82) is 5.26 Å². The third-order valence-corrected chi connectivity index (χ3v) is 4.28. The number of guanidine groups is 1. The minimum atomic E-state index is -0.803. The van der Waals surface area contributed by atoms with Gasteiger partial charge in [0.05, 0.1) is 0 Å². The maximum absolute atomic E-state index is 10.8. The number of hydrogen-bond donors (Lipinski definition) is 2. The van der Waals surface area contributed by atoms with E-state index in [4.69, 9.17) is 16.1 Å². The van der Waals surface area contributed by atoms with E-state index in [1.165, 1.54) is 0 Å². The number of carboxylic acids is 1. The van der Waals surface area contributed by atoms with E-state index in [1.54, 1.807) is 23.5 Å². The van der Waals surface area contributed by atoms with Crippen LogP contribution in [0.1, 0.15) is 44.2 Å². The van der Waals surface area contributed by atoms with Gasteiger partial charge in [0, 0.05) is 36.1 Å². The van der Waals surface area contributed by atoms with Crippen molar-refractivity contribution in [3.05, 3.63) is 66.0 Å². The van der Waals surface area contributed by atoms with Crippen LogP contribution in [-0.2, 0) is 4.79 Å². The molecule has 0 aliphatic carbocycles. The van der Waals surface area contributed by atoms with Crippen molar-refractivity contribution < 1.29 is 9.90 Å². The van der Waals surface area contributed by atoms with Gasteiger partial charge < -0.3 is 15.7 Å². The van der Waals surface area contributed by atoms with Crippen molar-refractivity contribution in [2.45, 2.75) is 39.2 Å². The fourth-order valence-electron chi connectivity index (χ4n) is 3.05. The Kier molecular flexibility index (Phi) is 7.92. The van der Waals surface area contributed by atoms with E-state index in [-0.39, 0.29) is 18.4 Å². The van der Waals surface area contributed by atoms with Gasteiger partial charge in [-0.2, -0.15) is 5.26 Å². The molecule has 0 aliphatic heterocycles. The summed E-state index contributed by atoms with van der Waals surface area (Å²) < 4.78 is 0. The summed E-state index contributed by atoms with van der Waals surface area (Å²) in [6.07, 6.45) is 8.57. The zero-order valence-corrected chi connectivity index (χ0v) is 16.6. The van der Waals surface area contributed by atoms with E-state index < -0.39 is 5.97 Å². The summed E-state index contributed by atoms with van der Waals surface area (Å²) >= 11 is 0. The largest absolute Gasteiger partial charge is 0.481 e. The number of hydrogen-bond acceptors (Lipinski definition) is 4. The van der Waals surface area contributed by atoms with Crippen LogP contribution in [0.25, 0.3) is 5.57 Å². The third kappa shape index (κ3) is 6.18. The number of rotatable bonds is 8. The lowest BCUT2D eigenvalue weighted by atomic mass is 9.97. The molecule has 0 radical (unpaired) electrons. The maximum atomic E-state index is 10.8. The van der Waals surface area contributed by atoms with Crippen molar-refractivity contribution in [3.8, 4) is 6.19 Å². The molecule has 0 unspecified atom stereocenters. The normalized spacial score (nSPS) is 11.9. The Morgan fingerprint density at radius 1 is 1.34 bits per heavy atom. The highest BCUT2D eigenvalue weighted by Gasteiger charge is 2.16. The Morgan fingerprint density at radius 2 is 2.10 bits per heavy atom. The number of carboxylic acid groups (broad SMARTS) is 1. The molecule has 0 saturated carbocycles. The van der Waals surface area contributed by atoms with Crippen molar-refractivity contribution in [1.82, 2.24) is 4.98 Å². The number of aliphatic imine (C=N–C) groups is 1. The zero-order valence-electron chi connectivity index (χ0n) is 16.6. The molecule has 0 spiro atoms. The fourth-order valence-corrected chi connectivity index (χ4v) is 3.05. The molecule has 1 aromatic carbocycles. The van der Waals surface area contributed by atoms with Crippen LogP contribution in [0.15, 0.2) is 59.9 Å². The Balaban J connectivity index is 2.45. The Hall–Kier alpha value is -3.66. The predicted octanol–water partition coefficient (Wildman–Crippen LogP) is 3.78. The molecular weight excluding hydrogens is 366 g/mol. The first-order valence-corrected chi connectivity index (χ1v) is 9.38. The molecule has 0 saturated heterocycles. The van der Waals surface area contributed by atoms with Crippen LogP contribution in [0, 0.1) is 11.5 Å². The lowest BCUT2D eigenvalue weighted by molar-refractivity contribution is -0.137. The number of nitrogens with zero attached hydrogens (tertiary/aromatic N) is 4. The summed E-state index contributed by atoms with van der Waals surface area (Å²) in [5.41, 5.74) is 9.66. The lowest BCUT2D eigenvalue weighted by Crippen LogP contribution is -2.42. The van der Waals surface area contributed by atoms with Crippen molar-refractivity contribution >= 4 is 23.2 Å². The minimum Gasteiger partial charge on any atom is -0.481 e. The van der Waals surface area contributed by atoms with E-state index in [0.717, 1.165) is 22.4 Å². The monoisotopic (exact) mass is 391 g/mol. The van der Waals surface area contributed by atoms with Crippen LogP contribution in [0.2, 0.25) is 0 Å². The molecule has 0 bridgehead atoms. The highest BCUT2D eigenvalue weighted by molar-refractivity contribution is 5.96. The number of benzene rings is 1. The quantitative estimate of drug-likeness (QED) is 0.306. The van der Waals surface area contributed by atoms with Crippen LogP contribution in [0.4, 0.5) is 5.69 Å². The van der Waals surface area contributed by atoms with Gasteiger partial charge in [-0.05, 0) is 56.0 Å². The van der Waals surface area contributed by atoms with Gasteiger partial charge in [0.15, 0.2) is 0 Å². The lowest BCUT2D eigenvalue weighted by Gasteiger charge is -2.27. The topological polar surface area (TPSA) is 116 Å². The molecule has 1 aromatic heterocycles. The summed E-state index contributed by atoms with van der Waals surface area (Å²) in [6, 6.07) is 11.6. The zero-order chi connectivity index (χ0) is 21.2. The number of aromatic nitrogens is 1. The third-order valence-electron chi connectivity index (χ3n) is 4.28. The van der Waals surface area contributed by atoms with Crippen molar-refractivity contribution in [2.75, 3.05) is 4.90 Å². The molecule has 7 heteroatoms. The molecule has 0 aliphatic rings. The second-order valence-corrected chi connectivity index (χ2v) is 6.73. The van der Waals surface area contributed by atoms with Crippen LogP contribution >= 0.6 is 0 Å². The van der Waals surface area contributed by atoms with E-state index in [0.29, 0.717) is 12.8 Å². The van der Waals surface area contributed by atoms with Crippen molar-refractivity contribution in [3.63, 3.8) is 0 Å². The first-order chi connectivity index (χ1) is 13.9. The summed E-state index contributed by atoms with van der Waals surface area (Å²) in [6.45, 7) is 3.94. The number of nitriles is 1. The van der Waals surface area contributed by atoms with Gasteiger partial charge in [-0.15, -0.1) is 4.99 Å². The van der Waals surface area contributed by atoms with Crippen LogP contribution in [0.3, 0.4) is 0 Å². The van der Waals surface area contributed by atoms with Crippen molar-refractivity contribution in [2.24, 2.45) is 10.7 Å². The molecule has 2 aromatic rings. The van der Waals surface area contributed by atoms with Crippen LogP contribution in [0.5, 0.6) is 0 Å². The first kappa shape index (κ1) is 21.6. The SMILES string of the molecule is CC(C)N(C(N)=NC#N)c1cccc(/C(=C\CCCC(=O)O)c2cccnc2)c1. The molecule has 2 rings (SSSR count). The second kappa shape index (κ2) is 10.6. The highest BCUT2D eigenvalue weighted by Crippen LogP contribution is 2.28. The summed E-state index contributed by atoms with van der Waals surface area (Å²) in [4.78, 5) is 20.5.